The highest BCUT2D eigenvalue weighted by molar-refractivity contribution is 5.88. The van der Waals surface area contributed by atoms with Crippen LogP contribution in [-0.2, 0) is 4.79 Å². The minimum Gasteiger partial charge on any atom is -0.342 e. The van der Waals surface area contributed by atoms with Gasteiger partial charge in [0.25, 0.3) is 0 Å². The first-order valence-corrected chi connectivity index (χ1v) is 11.4. The van der Waals surface area contributed by atoms with Crippen molar-refractivity contribution in [2.24, 2.45) is 5.92 Å². The summed E-state index contributed by atoms with van der Waals surface area (Å²) < 4.78 is 0. The van der Waals surface area contributed by atoms with Crippen molar-refractivity contribution in [1.29, 1.82) is 0 Å². The van der Waals surface area contributed by atoms with Crippen LogP contribution in [0.2, 0.25) is 0 Å². The second-order valence-corrected chi connectivity index (χ2v) is 9.50. The summed E-state index contributed by atoms with van der Waals surface area (Å²) in [5.41, 5.74) is 4.13. The highest BCUT2D eigenvalue weighted by Crippen LogP contribution is 2.41. The third kappa shape index (κ3) is 4.28. The summed E-state index contributed by atoms with van der Waals surface area (Å²) >= 11 is 0. The van der Waals surface area contributed by atoms with E-state index in [1.54, 1.807) is 5.56 Å². The maximum Gasteiger partial charge on any atom is 0.241 e. The van der Waals surface area contributed by atoms with E-state index in [0.717, 1.165) is 37.8 Å². The molecule has 1 aromatic rings. The zero-order chi connectivity index (χ0) is 19.6. The first-order chi connectivity index (χ1) is 13.6. The molecule has 1 amide bonds. The van der Waals surface area contributed by atoms with Crippen LogP contribution in [0, 0.1) is 19.8 Å². The zero-order valence-corrected chi connectivity index (χ0v) is 17.7. The van der Waals surface area contributed by atoms with Gasteiger partial charge in [0, 0.05) is 13.1 Å². The maximum atomic E-state index is 12.1. The lowest BCUT2D eigenvalue weighted by Gasteiger charge is -2.38. The second-order valence-electron chi connectivity index (χ2n) is 9.50. The molecular formula is C24H37N3O. The van der Waals surface area contributed by atoms with Crippen LogP contribution in [0.4, 0.5) is 0 Å². The van der Waals surface area contributed by atoms with E-state index in [9.17, 15) is 4.79 Å². The van der Waals surface area contributed by atoms with Gasteiger partial charge in [-0.2, -0.15) is 0 Å². The molecule has 0 unspecified atom stereocenters. The van der Waals surface area contributed by atoms with E-state index in [2.05, 4.69) is 47.6 Å². The van der Waals surface area contributed by atoms with Gasteiger partial charge in [-0.3, -0.25) is 10.1 Å². The Labute approximate surface area is 170 Å². The number of carbonyl (C=O) groups is 1. The van der Waals surface area contributed by atoms with Gasteiger partial charge in [-0.15, -0.1) is 0 Å². The summed E-state index contributed by atoms with van der Waals surface area (Å²) in [4.78, 5) is 14.7. The summed E-state index contributed by atoms with van der Waals surface area (Å²) in [6, 6.07) is 7.16. The van der Waals surface area contributed by atoms with Crippen molar-refractivity contribution in [2.45, 2.75) is 76.7 Å². The van der Waals surface area contributed by atoms with E-state index in [-0.39, 0.29) is 11.4 Å². The van der Waals surface area contributed by atoms with Gasteiger partial charge in [-0.25, -0.2) is 0 Å². The van der Waals surface area contributed by atoms with Gasteiger partial charge in [0.2, 0.25) is 5.91 Å². The van der Waals surface area contributed by atoms with Crippen LogP contribution >= 0.6 is 0 Å². The smallest absolute Gasteiger partial charge is 0.241 e. The monoisotopic (exact) mass is 383 g/mol. The largest absolute Gasteiger partial charge is 0.342 e. The summed E-state index contributed by atoms with van der Waals surface area (Å²) in [5, 5.41) is 6.34. The maximum absolute atomic E-state index is 12.1. The van der Waals surface area contributed by atoms with Gasteiger partial charge < -0.3 is 10.2 Å². The number of carbonyl (C=O) groups excluding carboxylic acids is 1. The zero-order valence-electron chi connectivity index (χ0n) is 17.7. The fourth-order valence-corrected chi connectivity index (χ4v) is 5.90. The third-order valence-corrected chi connectivity index (χ3v) is 7.45. The number of hydrogen-bond acceptors (Lipinski definition) is 3. The molecule has 2 saturated heterocycles. The van der Waals surface area contributed by atoms with E-state index in [1.165, 1.54) is 56.2 Å². The Bertz CT molecular complexity index is 673. The standard InChI is InChI=1S/C24H37N3O/c1-18-14-19(2)16-21(15-18)22-8-4-3-6-20(22)7-5-11-27-12-9-24(10-13-27)23(28)25-17-26-24/h14-16,20,22,26H,3-13,17H2,1-2H3,(H,25,28)/t20-,22-/m0/s1. The minimum absolute atomic E-state index is 0.214. The molecule has 0 bridgehead atoms. The van der Waals surface area contributed by atoms with Crippen molar-refractivity contribution in [3.05, 3.63) is 34.9 Å². The average molecular weight is 384 g/mol. The molecule has 28 heavy (non-hydrogen) atoms. The fourth-order valence-electron chi connectivity index (χ4n) is 5.90. The van der Waals surface area contributed by atoms with Crippen LogP contribution in [-0.4, -0.2) is 42.6 Å². The molecule has 4 heteroatoms. The van der Waals surface area contributed by atoms with Crippen molar-refractivity contribution >= 4 is 5.91 Å². The molecule has 4 nitrogen and oxygen atoms in total. The number of piperidine rings is 1. The van der Waals surface area contributed by atoms with E-state index in [1.807, 2.05) is 0 Å². The van der Waals surface area contributed by atoms with Crippen molar-refractivity contribution < 1.29 is 4.79 Å². The molecule has 2 aliphatic heterocycles. The first-order valence-electron chi connectivity index (χ1n) is 11.4. The summed E-state index contributed by atoms with van der Waals surface area (Å²) in [7, 11) is 0. The summed E-state index contributed by atoms with van der Waals surface area (Å²) in [6.07, 6.45) is 10.1. The third-order valence-electron chi connectivity index (χ3n) is 7.45. The van der Waals surface area contributed by atoms with Crippen molar-refractivity contribution in [1.82, 2.24) is 15.5 Å². The number of nitrogens with one attached hydrogen (secondary N) is 2. The van der Waals surface area contributed by atoms with Gasteiger partial charge in [-0.1, -0.05) is 42.2 Å². The Hall–Kier alpha value is -1.39. The van der Waals surface area contributed by atoms with Gasteiger partial charge >= 0.3 is 0 Å². The predicted molar refractivity (Wildman–Crippen MR) is 114 cm³/mol. The first kappa shape index (κ1) is 19.9. The van der Waals surface area contributed by atoms with Crippen LogP contribution in [0.25, 0.3) is 0 Å². The Balaban J connectivity index is 1.28. The number of amides is 1. The molecule has 1 saturated carbocycles. The molecular weight excluding hydrogens is 346 g/mol. The Morgan fingerprint density at radius 3 is 2.46 bits per heavy atom. The molecule has 1 aliphatic carbocycles. The van der Waals surface area contributed by atoms with Crippen LogP contribution in [0.15, 0.2) is 18.2 Å². The van der Waals surface area contributed by atoms with Gasteiger partial charge in [-0.05, 0) is 76.3 Å². The second kappa shape index (κ2) is 8.54. The van der Waals surface area contributed by atoms with Gasteiger partial charge in [0.1, 0.15) is 5.54 Å². The van der Waals surface area contributed by atoms with Crippen LogP contribution < -0.4 is 10.6 Å². The topological polar surface area (TPSA) is 44.4 Å². The van der Waals surface area contributed by atoms with Crippen LogP contribution in [0.3, 0.4) is 0 Å². The minimum atomic E-state index is -0.270. The van der Waals surface area contributed by atoms with Crippen LogP contribution in [0.5, 0.6) is 0 Å². The molecule has 0 aromatic heterocycles. The number of likely N-dealkylation sites (tertiary alicyclic amines) is 1. The molecule has 2 atom stereocenters. The number of benzene rings is 1. The van der Waals surface area contributed by atoms with E-state index < -0.39 is 0 Å². The van der Waals surface area contributed by atoms with Gasteiger partial charge in [0.05, 0.1) is 6.67 Å². The molecule has 4 rings (SSSR count). The number of nitrogens with zero attached hydrogens (tertiary/aromatic N) is 1. The Morgan fingerprint density at radius 1 is 1.07 bits per heavy atom. The summed E-state index contributed by atoms with van der Waals surface area (Å²) in [6.45, 7) is 8.39. The normalized spacial score (nSPS) is 27.9. The molecule has 154 valence electrons. The molecule has 3 fully saturated rings. The van der Waals surface area contributed by atoms with Crippen molar-refractivity contribution in [3.63, 3.8) is 0 Å². The lowest BCUT2D eigenvalue weighted by molar-refractivity contribution is -0.125. The molecule has 1 aromatic carbocycles. The van der Waals surface area contributed by atoms with E-state index in [4.69, 9.17) is 0 Å². The summed E-state index contributed by atoms with van der Waals surface area (Å²) in [5.74, 6) is 1.81. The quantitative estimate of drug-likeness (QED) is 0.811. The van der Waals surface area contributed by atoms with Crippen LogP contribution in [0.1, 0.15) is 74.0 Å². The Kier molecular flexibility index (Phi) is 6.07. The van der Waals surface area contributed by atoms with E-state index >= 15 is 0 Å². The highest BCUT2D eigenvalue weighted by atomic mass is 16.2. The Morgan fingerprint density at radius 2 is 1.79 bits per heavy atom. The lowest BCUT2D eigenvalue weighted by Crippen LogP contribution is -2.54. The predicted octanol–water partition coefficient (Wildman–Crippen LogP) is 3.87. The molecule has 2 heterocycles. The number of rotatable bonds is 5. The fraction of sp³-hybridized carbons (Fsp3) is 0.708. The SMILES string of the molecule is Cc1cc(C)cc([C@H]2CCCC[C@H]2CCCN2CCC3(CC2)NCNC3=O)c1. The average Bonchev–Trinajstić information content (AvgIpc) is 3.03. The highest BCUT2D eigenvalue weighted by Gasteiger charge is 2.44. The number of hydrogen-bond donors (Lipinski definition) is 2. The molecule has 3 aliphatic rings. The van der Waals surface area contributed by atoms with Crippen molar-refractivity contribution in [3.8, 4) is 0 Å². The van der Waals surface area contributed by atoms with Crippen molar-refractivity contribution in [2.75, 3.05) is 26.3 Å². The number of aryl methyl sites for hydroxylation is 2. The molecule has 2 N–H and O–H groups in total. The molecule has 1 spiro atoms. The van der Waals surface area contributed by atoms with Gasteiger partial charge in [0.15, 0.2) is 0 Å². The molecule has 0 radical (unpaired) electrons. The lowest BCUT2D eigenvalue weighted by atomic mass is 9.73. The van der Waals surface area contributed by atoms with E-state index in [0.29, 0.717) is 6.67 Å².